The van der Waals surface area contributed by atoms with Crippen molar-refractivity contribution in [2.24, 2.45) is 0 Å². The smallest absolute Gasteiger partial charge is 0.264 e. The standard InChI is InChI=1S/C18H22N4OS/c23-18(16-7-4-12-24-16)22-10-8-21(9-11-22)17-15(13-19-20-17)14-5-2-1-3-6-14/h1-7,12,15,17,19-20H,8-11,13H2. The van der Waals surface area contributed by atoms with Crippen molar-refractivity contribution in [3.8, 4) is 0 Å². The van der Waals surface area contributed by atoms with Crippen molar-refractivity contribution in [3.05, 3.63) is 58.3 Å². The third kappa shape index (κ3) is 3.10. The van der Waals surface area contributed by atoms with Gasteiger partial charge < -0.3 is 4.90 Å². The van der Waals surface area contributed by atoms with Crippen LogP contribution in [0, 0.1) is 0 Å². The van der Waals surface area contributed by atoms with Gasteiger partial charge >= 0.3 is 0 Å². The van der Waals surface area contributed by atoms with Crippen LogP contribution in [0.5, 0.6) is 0 Å². The summed E-state index contributed by atoms with van der Waals surface area (Å²) >= 11 is 1.52. The molecule has 5 nitrogen and oxygen atoms in total. The number of hydrogen-bond donors (Lipinski definition) is 2. The minimum atomic E-state index is 0.168. The van der Waals surface area contributed by atoms with Gasteiger partial charge in [-0.25, -0.2) is 5.43 Å². The Morgan fingerprint density at radius 1 is 1.04 bits per heavy atom. The molecule has 1 aromatic heterocycles. The predicted molar refractivity (Wildman–Crippen MR) is 95.9 cm³/mol. The number of carbonyl (C=O) groups is 1. The summed E-state index contributed by atoms with van der Waals surface area (Å²) in [6.07, 6.45) is 0.284. The Morgan fingerprint density at radius 2 is 1.83 bits per heavy atom. The second kappa shape index (κ2) is 7.03. The van der Waals surface area contributed by atoms with Crippen molar-refractivity contribution < 1.29 is 4.79 Å². The zero-order valence-electron chi connectivity index (χ0n) is 13.5. The molecule has 4 rings (SSSR count). The van der Waals surface area contributed by atoms with Gasteiger partial charge in [0.05, 0.1) is 11.0 Å². The van der Waals surface area contributed by atoms with Gasteiger partial charge in [0.15, 0.2) is 0 Å². The molecule has 2 fully saturated rings. The molecule has 0 aliphatic carbocycles. The number of rotatable bonds is 3. The van der Waals surface area contributed by atoms with E-state index in [1.807, 2.05) is 22.4 Å². The fourth-order valence-electron chi connectivity index (χ4n) is 3.59. The number of amides is 1. The molecule has 126 valence electrons. The van der Waals surface area contributed by atoms with E-state index >= 15 is 0 Å². The molecule has 2 N–H and O–H groups in total. The van der Waals surface area contributed by atoms with Crippen molar-refractivity contribution in [2.45, 2.75) is 12.1 Å². The average molecular weight is 342 g/mol. The molecule has 0 bridgehead atoms. The van der Waals surface area contributed by atoms with Crippen LogP contribution < -0.4 is 10.9 Å². The number of hydrogen-bond acceptors (Lipinski definition) is 5. The maximum atomic E-state index is 12.5. The quantitative estimate of drug-likeness (QED) is 0.892. The minimum Gasteiger partial charge on any atom is -0.335 e. The zero-order valence-corrected chi connectivity index (χ0v) is 14.3. The normalized spacial score (nSPS) is 25.1. The Balaban J connectivity index is 1.39. The second-order valence-corrected chi connectivity index (χ2v) is 7.24. The molecule has 2 unspecified atom stereocenters. The van der Waals surface area contributed by atoms with Crippen LogP contribution in [0.3, 0.4) is 0 Å². The first-order chi connectivity index (χ1) is 11.8. The first-order valence-corrected chi connectivity index (χ1v) is 9.31. The molecule has 24 heavy (non-hydrogen) atoms. The number of carbonyl (C=O) groups excluding carboxylic acids is 1. The maximum Gasteiger partial charge on any atom is 0.264 e. The summed E-state index contributed by atoms with van der Waals surface area (Å²) in [5, 5.41) is 1.96. The van der Waals surface area contributed by atoms with E-state index in [0.717, 1.165) is 37.6 Å². The van der Waals surface area contributed by atoms with Crippen molar-refractivity contribution >= 4 is 17.2 Å². The Hall–Kier alpha value is -1.73. The third-order valence-electron chi connectivity index (χ3n) is 4.91. The van der Waals surface area contributed by atoms with Crippen LogP contribution in [0.2, 0.25) is 0 Å². The Bertz CT molecular complexity index is 668. The highest BCUT2D eigenvalue weighted by atomic mass is 32.1. The van der Waals surface area contributed by atoms with Gasteiger partial charge in [0.1, 0.15) is 0 Å². The van der Waals surface area contributed by atoms with Crippen molar-refractivity contribution in [1.29, 1.82) is 0 Å². The van der Waals surface area contributed by atoms with E-state index in [9.17, 15) is 4.79 Å². The highest BCUT2D eigenvalue weighted by molar-refractivity contribution is 7.12. The van der Waals surface area contributed by atoms with E-state index in [4.69, 9.17) is 0 Å². The van der Waals surface area contributed by atoms with E-state index in [1.54, 1.807) is 0 Å². The molecule has 2 aliphatic heterocycles. The largest absolute Gasteiger partial charge is 0.335 e. The van der Waals surface area contributed by atoms with Gasteiger partial charge in [0.2, 0.25) is 0 Å². The lowest BCUT2D eigenvalue weighted by molar-refractivity contribution is 0.0531. The van der Waals surface area contributed by atoms with Crippen LogP contribution in [0.4, 0.5) is 0 Å². The van der Waals surface area contributed by atoms with Gasteiger partial charge in [0, 0.05) is 38.6 Å². The number of thiophene rings is 1. The summed E-state index contributed by atoms with van der Waals surface area (Å²) in [6.45, 7) is 4.31. The number of piperazine rings is 1. The number of nitrogens with zero attached hydrogens (tertiary/aromatic N) is 2. The van der Waals surface area contributed by atoms with E-state index < -0.39 is 0 Å². The summed E-state index contributed by atoms with van der Waals surface area (Å²) in [5.41, 5.74) is 8.08. The lowest BCUT2D eigenvalue weighted by Crippen LogP contribution is -2.56. The third-order valence-corrected chi connectivity index (χ3v) is 5.77. The molecule has 2 atom stereocenters. The van der Waals surface area contributed by atoms with Crippen LogP contribution in [-0.4, -0.2) is 54.6 Å². The number of nitrogens with one attached hydrogen (secondary N) is 2. The molecule has 2 saturated heterocycles. The lowest BCUT2D eigenvalue weighted by Gasteiger charge is -2.39. The van der Waals surface area contributed by atoms with Crippen LogP contribution >= 0.6 is 11.3 Å². The van der Waals surface area contributed by atoms with Crippen LogP contribution in [0.1, 0.15) is 21.2 Å². The van der Waals surface area contributed by atoms with Gasteiger partial charge in [-0.3, -0.25) is 15.1 Å². The van der Waals surface area contributed by atoms with Crippen LogP contribution in [-0.2, 0) is 0 Å². The van der Waals surface area contributed by atoms with Gasteiger partial charge in [-0.15, -0.1) is 11.3 Å². The first-order valence-electron chi connectivity index (χ1n) is 8.43. The van der Waals surface area contributed by atoms with Crippen LogP contribution in [0.25, 0.3) is 0 Å². The summed E-state index contributed by atoms with van der Waals surface area (Å²) in [5.74, 6) is 0.604. The van der Waals surface area contributed by atoms with Gasteiger partial charge in [0.25, 0.3) is 5.91 Å². The number of hydrazine groups is 1. The average Bonchev–Trinajstić information content (AvgIpc) is 3.34. The minimum absolute atomic E-state index is 0.168. The summed E-state index contributed by atoms with van der Waals surface area (Å²) in [4.78, 5) is 17.7. The van der Waals surface area contributed by atoms with Gasteiger partial charge in [-0.2, -0.15) is 0 Å². The van der Waals surface area contributed by atoms with Crippen LogP contribution in [0.15, 0.2) is 47.8 Å². The second-order valence-electron chi connectivity index (χ2n) is 6.29. The summed E-state index contributed by atoms with van der Waals surface area (Å²) in [6, 6.07) is 14.5. The highest BCUT2D eigenvalue weighted by Crippen LogP contribution is 2.25. The lowest BCUT2D eigenvalue weighted by atomic mass is 9.96. The fourth-order valence-corrected chi connectivity index (χ4v) is 4.28. The van der Waals surface area contributed by atoms with Crippen molar-refractivity contribution in [2.75, 3.05) is 32.7 Å². The van der Waals surface area contributed by atoms with Gasteiger partial charge in [-0.1, -0.05) is 36.4 Å². The topological polar surface area (TPSA) is 47.6 Å². The molecule has 0 saturated carbocycles. The molecule has 1 aromatic carbocycles. The molecule has 6 heteroatoms. The molecular formula is C18H22N4OS. The first kappa shape index (κ1) is 15.8. The molecular weight excluding hydrogens is 320 g/mol. The Labute approximate surface area is 146 Å². The van der Waals surface area contributed by atoms with Gasteiger partial charge in [-0.05, 0) is 17.0 Å². The monoisotopic (exact) mass is 342 g/mol. The van der Waals surface area contributed by atoms with Crippen molar-refractivity contribution in [3.63, 3.8) is 0 Å². The Morgan fingerprint density at radius 3 is 2.54 bits per heavy atom. The number of benzene rings is 1. The maximum absolute atomic E-state index is 12.5. The predicted octanol–water partition coefficient (Wildman–Crippen LogP) is 1.72. The molecule has 2 aromatic rings. The summed E-state index contributed by atoms with van der Waals surface area (Å²) < 4.78 is 0. The van der Waals surface area contributed by atoms with E-state index in [2.05, 4.69) is 46.1 Å². The van der Waals surface area contributed by atoms with E-state index in [-0.39, 0.29) is 12.1 Å². The zero-order chi connectivity index (χ0) is 16.4. The van der Waals surface area contributed by atoms with Crippen molar-refractivity contribution in [1.82, 2.24) is 20.7 Å². The molecule has 1 amide bonds. The molecule has 0 radical (unpaired) electrons. The molecule has 2 aliphatic rings. The Kier molecular flexibility index (Phi) is 4.62. The SMILES string of the molecule is O=C(c1cccs1)N1CCN(C2NNCC2c2ccccc2)CC1. The molecule has 3 heterocycles. The fraction of sp³-hybridized carbons (Fsp3) is 0.389. The van der Waals surface area contributed by atoms with E-state index in [0.29, 0.717) is 5.92 Å². The van der Waals surface area contributed by atoms with E-state index in [1.165, 1.54) is 16.9 Å². The highest BCUT2D eigenvalue weighted by Gasteiger charge is 2.35. The summed E-state index contributed by atoms with van der Waals surface area (Å²) in [7, 11) is 0. The molecule has 0 spiro atoms.